The van der Waals surface area contributed by atoms with Crippen molar-refractivity contribution in [2.24, 2.45) is 0 Å². The molecule has 3 heteroatoms. The summed E-state index contributed by atoms with van der Waals surface area (Å²) >= 11 is 0. The van der Waals surface area contributed by atoms with Gasteiger partial charge in [0, 0.05) is 5.56 Å². The van der Waals surface area contributed by atoms with Crippen LogP contribution < -0.4 is 0 Å². The Hall–Kier alpha value is -2.55. The Morgan fingerprint density at radius 3 is 1.96 bits per heavy atom. The summed E-state index contributed by atoms with van der Waals surface area (Å²) in [6.45, 7) is 2.20. The third kappa shape index (κ3) is 5.03. The maximum Gasteiger partial charge on any atom is 0.131 e. The molecule has 0 spiro atoms. The normalized spacial score (nSPS) is 11.0. The average molecular weight is 382 g/mol. The number of aryl methyl sites for hydroxylation is 1. The first-order valence-corrected chi connectivity index (χ1v) is 9.93. The Morgan fingerprint density at radius 2 is 1.25 bits per heavy atom. The quantitative estimate of drug-likeness (QED) is 0.347. The molecule has 0 heterocycles. The maximum absolute atomic E-state index is 14.3. The van der Waals surface area contributed by atoms with E-state index in [4.69, 9.17) is 0 Å². The highest BCUT2D eigenvalue weighted by molar-refractivity contribution is 5.83. The smallest absolute Gasteiger partial charge is 0.131 e. The lowest BCUT2D eigenvalue weighted by Gasteiger charge is -2.12. The van der Waals surface area contributed by atoms with Gasteiger partial charge < -0.3 is 0 Å². The van der Waals surface area contributed by atoms with Crippen LogP contribution in [0.25, 0.3) is 22.3 Å². The molecule has 0 aromatic heterocycles. The molecule has 3 aromatic carbocycles. The summed E-state index contributed by atoms with van der Waals surface area (Å²) in [5, 5.41) is 0. The SMILES string of the molecule is CCCCCCCc1ccc(-c2cc(F)ccc2-c2cc(F)ccc2F)cc1. The second-order valence-electron chi connectivity index (χ2n) is 7.18. The zero-order chi connectivity index (χ0) is 19.9. The van der Waals surface area contributed by atoms with E-state index in [0.717, 1.165) is 36.6 Å². The summed E-state index contributed by atoms with van der Waals surface area (Å²) in [6, 6.07) is 15.4. The van der Waals surface area contributed by atoms with E-state index in [1.54, 1.807) is 0 Å². The summed E-state index contributed by atoms with van der Waals surface area (Å²) in [7, 11) is 0. The molecular formula is C25H25F3. The molecule has 0 atom stereocenters. The molecule has 0 aliphatic rings. The third-order valence-corrected chi connectivity index (χ3v) is 5.03. The molecule has 0 N–H and O–H groups in total. The minimum absolute atomic E-state index is 0.134. The standard InChI is InChI=1S/C25H25F3/c1-2-3-4-5-6-7-18-8-10-19(11-9-18)23-16-20(26)12-14-22(23)24-17-21(27)13-15-25(24)28/h8-17H,2-7H2,1H3. The molecule has 0 amide bonds. The van der Waals surface area contributed by atoms with E-state index in [9.17, 15) is 13.2 Å². The average Bonchev–Trinajstić information content (AvgIpc) is 2.70. The van der Waals surface area contributed by atoms with Crippen molar-refractivity contribution in [2.75, 3.05) is 0 Å². The second kappa shape index (κ2) is 9.59. The number of halogens is 3. The lowest BCUT2D eigenvalue weighted by molar-refractivity contribution is 0.603. The minimum Gasteiger partial charge on any atom is -0.207 e. The molecule has 0 saturated carbocycles. The maximum atomic E-state index is 14.3. The molecule has 0 saturated heterocycles. The predicted molar refractivity (Wildman–Crippen MR) is 110 cm³/mol. The zero-order valence-electron chi connectivity index (χ0n) is 16.2. The van der Waals surface area contributed by atoms with Crippen LogP contribution in [-0.2, 0) is 6.42 Å². The van der Waals surface area contributed by atoms with Crippen molar-refractivity contribution < 1.29 is 13.2 Å². The third-order valence-electron chi connectivity index (χ3n) is 5.03. The van der Waals surface area contributed by atoms with Gasteiger partial charge in [0.05, 0.1) is 0 Å². The van der Waals surface area contributed by atoms with Crippen LogP contribution in [-0.4, -0.2) is 0 Å². The molecule has 0 bridgehead atoms. The second-order valence-corrected chi connectivity index (χ2v) is 7.18. The van der Waals surface area contributed by atoms with Crippen molar-refractivity contribution in [1.29, 1.82) is 0 Å². The molecule has 0 aliphatic carbocycles. The fourth-order valence-corrected chi connectivity index (χ4v) is 3.48. The number of rotatable bonds is 8. The first kappa shape index (κ1) is 20.2. The molecule has 3 aromatic rings. The van der Waals surface area contributed by atoms with Gasteiger partial charge in [-0.1, -0.05) is 62.9 Å². The van der Waals surface area contributed by atoms with Gasteiger partial charge in [0.1, 0.15) is 17.5 Å². The van der Waals surface area contributed by atoms with E-state index in [1.807, 2.05) is 24.3 Å². The van der Waals surface area contributed by atoms with Gasteiger partial charge in [-0.2, -0.15) is 0 Å². The molecule has 146 valence electrons. The van der Waals surface area contributed by atoms with Crippen LogP contribution in [0.2, 0.25) is 0 Å². The highest BCUT2D eigenvalue weighted by Crippen LogP contribution is 2.34. The van der Waals surface area contributed by atoms with Gasteiger partial charge in [-0.15, -0.1) is 0 Å². The van der Waals surface area contributed by atoms with Crippen LogP contribution >= 0.6 is 0 Å². The molecule has 3 rings (SSSR count). The van der Waals surface area contributed by atoms with E-state index in [-0.39, 0.29) is 5.56 Å². The predicted octanol–water partition coefficient (Wildman–Crippen LogP) is 7.95. The van der Waals surface area contributed by atoms with Gasteiger partial charge in [0.25, 0.3) is 0 Å². The van der Waals surface area contributed by atoms with E-state index in [2.05, 4.69) is 6.92 Å². The monoisotopic (exact) mass is 382 g/mol. The molecule has 0 radical (unpaired) electrons. The molecule has 0 fully saturated rings. The lowest BCUT2D eigenvalue weighted by atomic mass is 9.93. The fourth-order valence-electron chi connectivity index (χ4n) is 3.48. The van der Waals surface area contributed by atoms with Crippen LogP contribution in [0.15, 0.2) is 60.7 Å². The number of hydrogen-bond acceptors (Lipinski definition) is 0. The van der Waals surface area contributed by atoms with Gasteiger partial charge in [-0.25, -0.2) is 13.2 Å². The topological polar surface area (TPSA) is 0 Å². The zero-order valence-corrected chi connectivity index (χ0v) is 16.2. The Kier molecular flexibility index (Phi) is 6.91. The Labute approximate surface area is 165 Å². The first-order valence-electron chi connectivity index (χ1n) is 9.93. The lowest BCUT2D eigenvalue weighted by Crippen LogP contribution is -1.92. The van der Waals surface area contributed by atoms with Crippen molar-refractivity contribution >= 4 is 0 Å². The Balaban J connectivity index is 1.85. The molecular weight excluding hydrogens is 357 g/mol. The van der Waals surface area contributed by atoms with Gasteiger partial charge in [0.2, 0.25) is 0 Å². The summed E-state index contributed by atoms with van der Waals surface area (Å²) < 4.78 is 41.8. The molecule has 0 aliphatic heterocycles. The summed E-state index contributed by atoms with van der Waals surface area (Å²) in [5.41, 5.74) is 3.18. The number of unbranched alkanes of at least 4 members (excludes halogenated alkanes) is 4. The summed E-state index contributed by atoms with van der Waals surface area (Å²) in [4.78, 5) is 0. The summed E-state index contributed by atoms with van der Waals surface area (Å²) in [5.74, 6) is -1.46. The fraction of sp³-hybridized carbons (Fsp3) is 0.280. The highest BCUT2D eigenvalue weighted by atomic mass is 19.1. The van der Waals surface area contributed by atoms with Crippen molar-refractivity contribution in [3.05, 3.63) is 83.7 Å². The van der Waals surface area contributed by atoms with Crippen LogP contribution in [0.5, 0.6) is 0 Å². The Morgan fingerprint density at radius 1 is 0.607 bits per heavy atom. The van der Waals surface area contributed by atoms with E-state index >= 15 is 0 Å². The van der Waals surface area contributed by atoms with Crippen LogP contribution in [0.3, 0.4) is 0 Å². The van der Waals surface area contributed by atoms with Crippen molar-refractivity contribution in [3.8, 4) is 22.3 Å². The molecule has 0 unspecified atom stereocenters. The van der Waals surface area contributed by atoms with Crippen LogP contribution in [0.4, 0.5) is 13.2 Å². The summed E-state index contributed by atoms with van der Waals surface area (Å²) in [6.07, 6.45) is 7.16. The van der Waals surface area contributed by atoms with E-state index in [0.29, 0.717) is 11.1 Å². The largest absolute Gasteiger partial charge is 0.207 e. The van der Waals surface area contributed by atoms with Crippen molar-refractivity contribution in [2.45, 2.75) is 45.4 Å². The first-order chi connectivity index (χ1) is 13.6. The van der Waals surface area contributed by atoms with Gasteiger partial charge >= 0.3 is 0 Å². The highest BCUT2D eigenvalue weighted by Gasteiger charge is 2.13. The molecule has 28 heavy (non-hydrogen) atoms. The van der Waals surface area contributed by atoms with Gasteiger partial charge in [-0.05, 0) is 65.4 Å². The number of benzene rings is 3. The van der Waals surface area contributed by atoms with Gasteiger partial charge in [-0.3, -0.25) is 0 Å². The van der Waals surface area contributed by atoms with Crippen molar-refractivity contribution in [1.82, 2.24) is 0 Å². The van der Waals surface area contributed by atoms with Crippen LogP contribution in [0, 0.1) is 17.5 Å². The van der Waals surface area contributed by atoms with Crippen molar-refractivity contribution in [3.63, 3.8) is 0 Å². The Bertz CT molecular complexity index is 914. The number of hydrogen-bond donors (Lipinski definition) is 0. The van der Waals surface area contributed by atoms with E-state index < -0.39 is 17.5 Å². The van der Waals surface area contributed by atoms with E-state index in [1.165, 1.54) is 49.4 Å². The minimum atomic E-state index is -0.530. The molecule has 0 nitrogen and oxygen atoms in total. The van der Waals surface area contributed by atoms with Gasteiger partial charge in [0.15, 0.2) is 0 Å². The van der Waals surface area contributed by atoms with Crippen LogP contribution in [0.1, 0.15) is 44.6 Å².